The fourth-order valence-electron chi connectivity index (χ4n) is 1.27. The van der Waals surface area contributed by atoms with Gasteiger partial charge in [-0.05, 0) is 12.1 Å². The first kappa shape index (κ1) is 8.74. The molecular formula is C10H10FN3. The molecule has 0 saturated carbocycles. The molecule has 0 fully saturated rings. The third kappa shape index (κ3) is 1.46. The van der Waals surface area contributed by atoms with Gasteiger partial charge in [0, 0.05) is 18.8 Å². The van der Waals surface area contributed by atoms with Crippen LogP contribution in [0.2, 0.25) is 0 Å². The molecule has 2 N–H and O–H groups in total. The first-order chi connectivity index (χ1) is 6.66. The van der Waals surface area contributed by atoms with Crippen LogP contribution < -0.4 is 5.73 Å². The average Bonchev–Trinajstić information content (AvgIpc) is 2.47. The zero-order chi connectivity index (χ0) is 10.1. The topological polar surface area (TPSA) is 43.8 Å². The number of nitrogens with zero attached hydrogens (tertiary/aromatic N) is 2. The second-order valence-corrected chi connectivity index (χ2v) is 3.11. The molecule has 0 amide bonds. The van der Waals surface area contributed by atoms with E-state index in [1.807, 2.05) is 0 Å². The summed E-state index contributed by atoms with van der Waals surface area (Å²) in [6.07, 6.45) is 1.77. The van der Waals surface area contributed by atoms with Crippen molar-refractivity contribution in [3.8, 4) is 11.3 Å². The predicted molar refractivity (Wildman–Crippen MR) is 53.0 cm³/mol. The lowest BCUT2D eigenvalue weighted by atomic mass is 10.2. The van der Waals surface area contributed by atoms with Crippen LogP contribution >= 0.6 is 0 Å². The number of nitrogens with two attached hydrogens (primary N) is 1. The number of nitrogen functional groups attached to an aromatic ring is 1. The Morgan fingerprint density at radius 1 is 1.43 bits per heavy atom. The second kappa shape index (κ2) is 3.14. The Bertz CT molecular complexity index is 443. The van der Waals surface area contributed by atoms with E-state index in [-0.39, 0.29) is 5.82 Å². The van der Waals surface area contributed by atoms with E-state index in [9.17, 15) is 4.39 Å². The number of halogens is 1. The van der Waals surface area contributed by atoms with Crippen molar-refractivity contribution in [3.05, 3.63) is 36.3 Å². The smallest absolute Gasteiger partial charge is 0.200 e. The van der Waals surface area contributed by atoms with Gasteiger partial charge in [0.25, 0.3) is 0 Å². The standard InChI is InChI=1S/C10H10FN3/c1-14-6-9(13-10(14)12)7-3-2-4-8(11)5-7/h2-6H,1H3,(H2,12,13). The van der Waals surface area contributed by atoms with Crippen LogP contribution in [0.5, 0.6) is 0 Å². The number of imidazole rings is 1. The van der Waals surface area contributed by atoms with Crippen molar-refractivity contribution >= 4 is 5.95 Å². The van der Waals surface area contributed by atoms with Gasteiger partial charge in [0.1, 0.15) is 5.82 Å². The Morgan fingerprint density at radius 3 is 2.79 bits per heavy atom. The number of hydrogen-bond donors (Lipinski definition) is 1. The SMILES string of the molecule is Cn1cc(-c2cccc(F)c2)nc1N. The van der Waals surface area contributed by atoms with Crippen molar-refractivity contribution in [1.82, 2.24) is 9.55 Å². The van der Waals surface area contributed by atoms with E-state index < -0.39 is 0 Å². The van der Waals surface area contributed by atoms with Gasteiger partial charge in [-0.3, -0.25) is 0 Å². The fraction of sp³-hybridized carbons (Fsp3) is 0.100. The highest BCUT2D eigenvalue weighted by Crippen LogP contribution is 2.19. The van der Waals surface area contributed by atoms with E-state index in [1.54, 1.807) is 29.9 Å². The lowest BCUT2D eigenvalue weighted by Crippen LogP contribution is -1.94. The van der Waals surface area contributed by atoms with Gasteiger partial charge in [-0.15, -0.1) is 0 Å². The van der Waals surface area contributed by atoms with E-state index in [0.29, 0.717) is 11.6 Å². The summed E-state index contributed by atoms with van der Waals surface area (Å²) in [5, 5.41) is 0. The van der Waals surface area contributed by atoms with Gasteiger partial charge >= 0.3 is 0 Å². The van der Waals surface area contributed by atoms with Gasteiger partial charge in [0.05, 0.1) is 5.69 Å². The Morgan fingerprint density at radius 2 is 2.21 bits per heavy atom. The molecule has 0 radical (unpaired) electrons. The maximum absolute atomic E-state index is 12.9. The molecular weight excluding hydrogens is 181 g/mol. The first-order valence-electron chi connectivity index (χ1n) is 4.21. The molecule has 2 rings (SSSR count). The highest BCUT2D eigenvalue weighted by atomic mass is 19.1. The maximum atomic E-state index is 12.9. The van der Waals surface area contributed by atoms with Crippen LogP contribution in [-0.4, -0.2) is 9.55 Å². The van der Waals surface area contributed by atoms with Crippen LogP contribution in [0.25, 0.3) is 11.3 Å². The van der Waals surface area contributed by atoms with Gasteiger partial charge in [-0.25, -0.2) is 9.37 Å². The van der Waals surface area contributed by atoms with Crippen LogP contribution in [-0.2, 0) is 7.05 Å². The molecule has 0 aliphatic carbocycles. The number of anilines is 1. The third-order valence-corrected chi connectivity index (χ3v) is 2.03. The van der Waals surface area contributed by atoms with Crippen LogP contribution in [0.4, 0.5) is 10.3 Å². The first-order valence-corrected chi connectivity index (χ1v) is 4.21. The zero-order valence-electron chi connectivity index (χ0n) is 7.74. The van der Waals surface area contributed by atoms with Crippen LogP contribution in [0, 0.1) is 5.82 Å². The predicted octanol–water partition coefficient (Wildman–Crippen LogP) is 1.81. The molecule has 0 atom stereocenters. The van der Waals surface area contributed by atoms with Crippen molar-refractivity contribution in [2.45, 2.75) is 0 Å². The number of hydrogen-bond acceptors (Lipinski definition) is 2. The molecule has 0 aliphatic heterocycles. The molecule has 0 spiro atoms. The van der Waals surface area contributed by atoms with Gasteiger partial charge in [-0.1, -0.05) is 12.1 Å². The minimum Gasteiger partial charge on any atom is -0.369 e. The summed E-state index contributed by atoms with van der Waals surface area (Å²) in [7, 11) is 1.80. The quantitative estimate of drug-likeness (QED) is 0.747. The summed E-state index contributed by atoms with van der Waals surface area (Å²) in [6.45, 7) is 0. The minimum atomic E-state index is -0.272. The molecule has 2 aromatic rings. The number of benzene rings is 1. The summed E-state index contributed by atoms with van der Waals surface area (Å²) >= 11 is 0. The molecule has 1 aromatic carbocycles. The molecule has 1 heterocycles. The van der Waals surface area contributed by atoms with Gasteiger partial charge < -0.3 is 10.3 Å². The van der Waals surface area contributed by atoms with Crippen LogP contribution in [0.15, 0.2) is 30.5 Å². The Balaban J connectivity index is 2.49. The van der Waals surface area contributed by atoms with E-state index in [2.05, 4.69) is 4.98 Å². The van der Waals surface area contributed by atoms with E-state index in [1.165, 1.54) is 12.1 Å². The van der Waals surface area contributed by atoms with Crippen LogP contribution in [0.3, 0.4) is 0 Å². The van der Waals surface area contributed by atoms with E-state index in [0.717, 1.165) is 5.56 Å². The largest absolute Gasteiger partial charge is 0.369 e. The summed E-state index contributed by atoms with van der Waals surface area (Å²) in [5.74, 6) is 0.149. The number of aromatic nitrogens is 2. The zero-order valence-corrected chi connectivity index (χ0v) is 7.74. The molecule has 1 aromatic heterocycles. The Kier molecular flexibility index (Phi) is 1.96. The molecule has 0 unspecified atom stereocenters. The van der Waals surface area contributed by atoms with Gasteiger partial charge in [0.15, 0.2) is 5.95 Å². The molecule has 14 heavy (non-hydrogen) atoms. The molecule has 0 saturated heterocycles. The normalized spacial score (nSPS) is 10.4. The number of aryl methyl sites for hydroxylation is 1. The molecule has 4 heteroatoms. The second-order valence-electron chi connectivity index (χ2n) is 3.11. The highest BCUT2D eigenvalue weighted by Gasteiger charge is 2.04. The Labute approximate surface area is 81.0 Å². The summed E-state index contributed by atoms with van der Waals surface area (Å²) in [6, 6.07) is 6.28. The highest BCUT2D eigenvalue weighted by molar-refractivity contribution is 5.60. The van der Waals surface area contributed by atoms with E-state index in [4.69, 9.17) is 5.73 Å². The minimum absolute atomic E-state index is 0.272. The van der Waals surface area contributed by atoms with Gasteiger partial charge in [-0.2, -0.15) is 0 Å². The van der Waals surface area contributed by atoms with Crippen LogP contribution in [0.1, 0.15) is 0 Å². The third-order valence-electron chi connectivity index (χ3n) is 2.03. The molecule has 0 bridgehead atoms. The van der Waals surface area contributed by atoms with E-state index >= 15 is 0 Å². The molecule has 72 valence electrons. The molecule has 3 nitrogen and oxygen atoms in total. The molecule has 0 aliphatic rings. The van der Waals surface area contributed by atoms with Crippen molar-refractivity contribution < 1.29 is 4.39 Å². The fourth-order valence-corrected chi connectivity index (χ4v) is 1.27. The van der Waals surface area contributed by atoms with Crippen molar-refractivity contribution in [2.75, 3.05) is 5.73 Å². The average molecular weight is 191 g/mol. The summed E-state index contributed by atoms with van der Waals surface area (Å²) in [5.41, 5.74) is 6.99. The van der Waals surface area contributed by atoms with Crippen molar-refractivity contribution in [3.63, 3.8) is 0 Å². The van der Waals surface area contributed by atoms with Gasteiger partial charge in [0.2, 0.25) is 0 Å². The lowest BCUT2D eigenvalue weighted by molar-refractivity contribution is 0.628. The maximum Gasteiger partial charge on any atom is 0.200 e. The summed E-state index contributed by atoms with van der Waals surface area (Å²) in [4.78, 5) is 4.10. The monoisotopic (exact) mass is 191 g/mol. The van der Waals surface area contributed by atoms with Crippen molar-refractivity contribution in [2.24, 2.45) is 7.05 Å². The lowest BCUT2D eigenvalue weighted by Gasteiger charge is -1.94. The van der Waals surface area contributed by atoms with Crippen molar-refractivity contribution in [1.29, 1.82) is 0 Å². The Hall–Kier alpha value is -1.84. The summed E-state index contributed by atoms with van der Waals surface area (Å²) < 4.78 is 14.6. The number of rotatable bonds is 1.